The zero-order valence-electron chi connectivity index (χ0n) is 10.6. The fraction of sp³-hybridized carbons (Fsp3) is 0.769. The smallest absolute Gasteiger partial charge is 0.122 e. The molecule has 2 aliphatic rings. The summed E-state index contributed by atoms with van der Waals surface area (Å²) in [6.07, 6.45) is 8.03. The molecule has 1 unspecified atom stereocenters. The minimum atomic E-state index is 0.165. The van der Waals surface area contributed by atoms with Crippen molar-refractivity contribution in [2.75, 3.05) is 13.1 Å². The van der Waals surface area contributed by atoms with Crippen molar-refractivity contribution >= 4 is 0 Å². The maximum absolute atomic E-state index is 6.04. The zero-order valence-corrected chi connectivity index (χ0v) is 10.6. The van der Waals surface area contributed by atoms with Crippen LogP contribution in [0, 0.1) is 5.92 Å². The van der Waals surface area contributed by atoms with Crippen LogP contribution in [0.1, 0.15) is 32.0 Å². The summed E-state index contributed by atoms with van der Waals surface area (Å²) in [5.74, 6) is 2.11. The Hall–Kier alpha value is -0.870. The Morgan fingerprint density at radius 1 is 1.47 bits per heavy atom. The van der Waals surface area contributed by atoms with Gasteiger partial charge in [0.15, 0.2) is 0 Å². The van der Waals surface area contributed by atoms with Crippen molar-refractivity contribution in [3.05, 3.63) is 18.2 Å². The number of aromatic nitrogens is 2. The van der Waals surface area contributed by atoms with Gasteiger partial charge in [0.2, 0.25) is 0 Å². The molecule has 0 amide bonds. The lowest BCUT2D eigenvalue weighted by molar-refractivity contribution is 0.0654. The molecule has 0 aromatic carbocycles. The predicted molar refractivity (Wildman–Crippen MR) is 67.4 cm³/mol. The van der Waals surface area contributed by atoms with Crippen molar-refractivity contribution < 1.29 is 0 Å². The highest BCUT2D eigenvalue weighted by atomic mass is 15.3. The first kappa shape index (κ1) is 11.2. The molecule has 1 atom stereocenters. The van der Waals surface area contributed by atoms with Crippen LogP contribution in [0.3, 0.4) is 0 Å². The lowest BCUT2D eigenvalue weighted by Crippen LogP contribution is -2.54. The van der Waals surface area contributed by atoms with E-state index in [4.69, 9.17) is 5.73 Å². The highest BCUT2D eigenvalue weighted by Crippen LogP contribution is 2.39. The molecule has 0 bridgehead atoms. The second kappa shape index (κ2) is 4.10. The van der Waals surface area contributed by atoms with Gasteiger partial charge < -0.3 is 10.3 Å². The molecule has 2 N–H and O–H groups in total. The van der Waals surface area contributed by atoms with Gasteiger partial charge in [-0.2, -0.15) is 0 Å². The van der Waals surface area contributed by atoms with Gasteiger partial charge in [-0.05, 0) is 19.3 Å². The zero-order chi connectivity index (χ0) is 11.9. The molecule has 0 saturated heterocycles. The predicted octanol–water partition coefficient (Wildman–Crippen LogP) is 1.22. The van der Waals surface area contributed by atoms with Gasteiger partial charge in [-0.1, -0.05) is 12.8 Å². The van der Waals surface area contributed by atoms with Crippen molar-refractivity contribution in [3.63, 3.8) is 0 Å². The summed E-state index contributed by atoms with van der Waals surface area (Å²) in [4.78, 5) is 6.97. The summed E-state index contributed by atoms with van der Waals surface area (Å²) in [6.45, 7) is 6.18. The molecular formula is C13H22N4. The van der Waals surface area contributed by atoms with E-state index in [9.17, 15) is 0 Å². The fourth-order valence-corrected chi connectivity index (χ4v) is 2.92. The first-order chi connectivity index (χ1) is 8.21. The molecule has 1 fully saturated rings. The van der Waals surface area contributed by atoms with Gasteiger partial charge in [0.25, 0.3) is 0 Å². The fourth-order valence-electron chi connectivity index (χ4n) is 2.92. The molecule has 0 radical (unpaired) electrons. The Balaban J connectivity index is 1.74. The van der Waals surface area contributed by atoms with Crippen molar-refractivity contribution in [2.24, 2.45) is 11.7 Å². The Labute approximate surface area is 103 Å². The van der Waals surface area contributed by atoms with Crippen molar-refractivity contribution in [1.82, 2.24) is 14.5 Å². The normalized spacial score (nSPS) is 24.4. The van der Waals surface area contributed by atoms with E-state index in [2.05, 4.69) is 27.6 Å². The van der Waals surface area contributed by atoms with E-state index in [1.165, 1.54) is 25.1 Å². The molecule has 2 heterocycles. The van der Waals surface area contributed by atoms with Gasteiger partial charge in [-0.15, -0.1) is 0 Å². The number of fused-ring (bicyclic) bond motifs is 1. The third-order valence-electron chi connectivity index (χ3n) is 4.37. The summed E-state index contributed by atoms with van der Waals surface area (Å²) in [7, 11) is 0. The molecule has 94 valence electrons. The maximum atomic E-state index is 6.04. The van der Waals surface area contributed by atoms with Crippen LogP contribution in [0.2, 0.25) is 0 Å². The van der Waals surface area contributed by atoms with E-state index < -0.39 is 0 Å². The quantitative estimate of drug-likeness (QED) is 0.852. The number of nitrogens with two attached hydrogens (primary N) is 1. The van der Waals surface area contributed by atoms with E-state index in [0.29, 0.717) is 0 Å². The van der Waals surface area contributed by atoms with E-state index >= 15 is 0 Å². The Kier molecular flexibility index (Phi) is 2.71. The molecule has 0 spiro atoms. The summed E-state index contributed by atoms with van der Waals surface area (Å²) >= 11 is 0. The summed E-state index contributed by atoms with van der Waals surface area (Å²) in [6, 6.07) is 0. The summed E-state index contributed by atoms with van der Waals surface area (Å²) < 4.78 is 2.25. The van der Waals surface area contributed by atoms with Crippen LogP contribution in [0.15, 0.2) is 12.4 Å². The second-order valence-electron chi connectivity index (χ2n) is 5.81. The van der Waals surface area contributed by atoms with E-state index in [1.54, 1.807) is 0 Å². The average molecular weight is 234 g/mol. The Bertz CT molecular complexity index is 396. The molecule has 3 rings (SSSR count). The molecular weight excluding hydrogens is 212 g/mol. The Morgan fingerprint density at radius 2 is 2.29 bits per heavy atom. The molecule has 4 heteroatoms. The first-order valence-electron chi connectivity index (χ1n) is 6.66. The van der Waals surface area contributed by atoms with Crippen LogP contribution in [-0.2, 0) is 13.1 Å². The van der Waals surface area contributed by atoms with Crippen LogP contribution in [0.25, 0.3) is 0 Å². The van der Waals surface area contributed by atoms with Gasteiger partial charge >= 0.3 is 0 Å². The average Bonchev–Trinajstić information content (AvgIpc) is 3.02. The summed E-state index contributed by atoms with van der Waals surface area (Å²) in [5.41, 5.74) is 6.21. The lowest BCUT2D eigenvalue weighted by atomic mass is 9.92. The van der Waals surface area contributed by atoms with Crippen molar-refractivity contribution in [3.8, 4) is 0 Å². The van der Waals surface area contributed by atoms with Crippen LogP contribution in [0.5, 0.6) is 0 Å². The highest BCUT2D eigenvalue weighted by Gasteiger charge is 2.38. The van der Waals surface area contributed by atoms with Gasteiger partial charge in [-0.3, -0.25) is 4.90 Å². The van der Waals surface area contributed by atoms with E-state index in [-0.39, 0.29) is 5.54 Å². The number of rotatable bonds is 4. The minimum absolute atomic E-state index is 0.165. The number of imidazole rings is 1. The van der Waals surface area contributed by atoms with Crippen LogP contribution >= 0.6 is 0 Å². The van der Waals surface area contributed by atoms with Crippen molar-refractivity contribution in [1.29, 1.82) is 0 Å². The Morgan fingerprint density at radius 3 is 3.00 bits per heavy atom. The van der Waals surface area contributed by atoms with Gasteiger partial charge in [0.1, 0.15) is 5.82 Å². The molecule has 1 aliphatic carbocycles. The number of hydrogen-bond donors (Lipinski definition) is 1. The summed E-state index contributed by atoms with van der Waals surface area (Å²) in [5, 5.41) is 0. The molecule has 1 aromatic rings. The molecule has 1 saturated carbocycles. The van der Waals surface area contributed by atoms with Crippen molar-refractivity contribution in [2.45, 2.75) is 44.8 Å². The van der Waals surface area contributed by atoms with Crippen LogP contribution < -0.4 is 5.73 Å². The SMILES string of the molecule is CC(CN)(CC1CC1)N1CCn2ccnc2C1. The first-order valence-corrected chi connectivity index (χ1v) is 6.66. The van der Waals surface area contributed by atoms with Crippen LogP contribution in [0.4, 0.5) is 0 Å². The van der Waals surface area contributed by atoms with Gasteiger partial charge in [-0.25, -0.2) is 4.98 Å². The third-order valence-corrected chi connectivity index (χ3v) is 4.37. The third kappa shape index (κ3) is 2.11. The number of hydrogen-bond acceptors (Lipinski definition) is 3. The lowest BCUT2D eigenvalue weighted by Gasteiger charge is -2.43. The van der Waals surface area contributed by atoms with Crippen LogP contribution in [-0.4, -0.2) is 33.1 Å². The topological polar surface area (TPSA) is 47.1 Å². The minimum Gasteiger partial charge on any atom is -0.333 e. The highest BCUT2D eigenvalue weighted by molar-refractivity contribution is 5.01. The van der Waals surface area contributed by atoms with Gasteiger partial charge in [0.05, 0.1) is 6.54 Å². The molecule has 4 nitrogen and oxygen atoms in total. The second-order valence-corrected chi connectivity index (χ2v) is 5.81. The molecule has 1 aromatic heterocycles. The molecule has 1 aliphatic heterocycles. The van der Waals surface area contributed by atoms with E-state index in [1.807, 2.05) is 6.20 Å². The standard InChI is InChI=1S/C13H22N4/c1-13(10-14,8-11-2-3-11)17-7-6-16-5-4-15-12(16)9-17/h4-5,11H,2-3,6-10,14H2,1H3. The monoisotopic (exact) mass is 234 g/mol. The van der Waals surface area contributed by atoms with E-state index in [0.717, 1.165) is 32.1 Å². The largest absolute Gasteiger partial charge is 0.333 e. The van der Waals surface area contributed by atoms with Gasteiger partial charge in [0, 0.05) is 37.6 Å². The number of nitrogens with zero attached hydrogens (tertiary/aromatic N) is 3. The maximum Gasteiger partial charge on any atom is 0.122 e. The molecule has 17 heavy (non-hydrogen) atoms.